The SMILES string of the molecule is NCC#Cc1cc(Cl)ccc1C(=O)O. The highest BCUT2D eigenvalue weighted by Gasteiger charge is 2.07. The first-order valence-corrected chi connectivity index (χ1v) is 4.24. The Morgan fingerprint density at radius 2 is 2.29 bits per heavy atom. The molecule has 0 aliphatic heterocycles. The fourth-order valence-corrected chi connectivity index (χ4v) is 1.12. The summed E-state index contributed by atoms with van der Waals surface area (Å²) in [5.74, 6) is 4.21. The second-order valence-corrected chi connectivity index (χ2v) is 2.94. The summed E-state index contributed by atoms with van der Waals surface area (Å²) in [6.45, 7) is 0.186. The first kappa shape index (κ1) is 10.6. The number of hydrogen-bond donors (Lipinski definition) is 2. The van der Waals surface area contributed by atoms with Gasteiger partial charge >= 0.3 is 5.97 Å². The summed E-state index contributed by atoms with van der Waals surface area (Å²) in [6, 6.07) is 4.44. The van der Waals surface area contributed by atoms with Crippen molar-refractivity contribution in [2.24, 2.45) is 5.73 Å². The molecule has 4 heteroatoms. The van der Waals surface area contributed by atoms with Crippen LogP contribution >= 0.6 is 11.6 Å². The first-order valence-electron chi connectivity index (χ1n) is 3.87. The number of rotatable bonds is 1. The molecular formula is C10H8ClNO2. The van der Waals surface area contributed by atoms with Gasteiger partial charge in [0.05, 0.1) is 12.1 Å². The maximum Gasteiger partial charge on any atom is 0.336 e. The lowest BCUT2D eigenvalue weighted by molar-refractivity contribution is 0.0696. The van der Waals surface area contributed by atoms with Gasteiger partial charge in [-0.25, -0.2) is 4.79 Å². The highest BCUT2D eigenvalue weighted by Crippen LogP contribution is 2.15. The third-order valence-electron chi connectivity index (χ3n) is 1.54. The van der Waals surface area contributed by atoms with Gasteiger partial charge in [-0.2, -0.15) is 0 Å². The number of carbonyl (C=O) groups is 1. The molecule has 0 heterocycles. The van der Waals surface area contributed by atoms with Crippen LogP contribution < -0.4 is 5.73 Å². The molecular weight excluding hydrogens is 202 g/mol. The fraction of sp³-hybridized carbons (Fsp3) is 0.100. The van der Waals surface area contributed by atoms with Crippen LogP contribution in [0.5, 0.6) is 0 Å². The normalized spacial score (nSPS) is 9.00. The van der Waals surface area contributed by atoms with E-state index in [1.807, 2.05) is 0 Å². The Bertz CT molecular complexity index is 418. The molecule has 1 aromatic rings. The van der Waals surface area contributed by atoms with Crippen molar-refractivity contribution in [2.75, 3.05) is 6.54 Å². The molecule has 3 nitrogen and oxygen atoms in total. The van der Waals surface area contributed by atoms with Crippen molar-refractivity contribution in [2.45, 2.75) is 0 Å². The maximum atomic E-state index is 10.8. The molecule has 0 unspecified atom stereocenters. The molecule has 0 bridgehead atoms. The number of carboxylic acid groups (broad SMARTS) is 1. The Balaban J connectivity index is 3.22. The second-order valence-electron chi connectivity index (χ2n) is 2.50. The number of carboxylic acids is 1. The topological polar surface area (TPSA) is 63.3 Å². The summed E-state index contributed by atoms with van der Waals surface area (Å²) in [5.41, 5.74) is 5.71. The van der Waals surface area contributed by atoms with Gasteiger partial charge in [0.2, 0.25) is 0 Å². The van der Waals surface area contributed by atoms with E-state index in [0.29, 0.717) is 10.6 Å². The molecule has 0 aliphatic carbocycles. The fourth-order valence-electron chi connectivity index (χ4n) is 0.953. The molecule has 0 amide bonds. The van der Waals surface area contributed by atoms with Crippen LogP contribution in [0.15, 0.2) is 18.2 Å². The zero-order valence-electron chi connectivity index (χ0n) is 7.25. The van der Waals surface area contributed by atoms with E-state index < -0.39 is 5.97 Å². The molecule has 1 rings (SSSR count). The van der Waals surface area contributed by atoms with Crippen LogP contribution in [0.25, 0.3) is 0 Å². The monoisotopic (exact) mass is 209 g/mol. The van der Waals surface area contributed by atoms with Gasteiger partial charge in [0.15, 0.2) is 0 Å². The molecule has 72 valence electrons. The second kappa shape index (κ2) is 4.66. The Labute approximate surface area is 86.5 Å². The Morgan fingerprint density at radius 3 is 2.86 bits per heavy atom. The minimum absolute atomic E-state index is 0.135. The number of halogens is 1. The van der Waals surface area contributed by atoms with Crippen LogP contribution in [0.2, 0.25) is 5.02 Å². The van der Waals surface area contributed by atoms with E-state index in [1.54, 1.807) is 0 Å². The molecule has 0 atom stereocenters. The predicted molar refractivity (Wildman–Crippen MR) is 54.3 cm³/mol. The smallest absolute Gasteiger partial charge is 0.336 e. The van der Waals surface area contributed by atoms with Crippen molar-refractivity contribution in [1.29, 1.82) is 0 Å². The first-order chi connectivity index (χ1) is 6.65. The number of benzene rings is 1. The van der Waals surface area contributed by atoms with Gasteiger partial charge in [0.25, 0.3) is 0 Å². The molecule has 3 N–H and O–H groups in total. The van der Waals surface area contributed by atoms with Crippen molar-refractivity contribution >= 4 is 17.6 Å². The van der Waals surface area contributed by atoms with E-state index in [9.17, 15) is 4.79 Å². The largest absolute Gasteiger partial charge is 0.478 e. The molecule has 14 heavy (non-hydrogen) atoms. The highest BCUT2D eigenvalue weighted by atomic mass is 35.5. The van der Waals surface area contributed by atoms with E-state index in [1.165, 1.54) is 18.2 Å². The van der Waals surface area contributed by atoms with Crippen LogP contribution in [0.4, 0.5) is 0 Å². The van der Waals surface area contributed by atoms with Crippen molar-refractivity contribution in [3.8, 4) is 11.8 Å². The highest BCUT2D eigenvalue weighted by molar-refractivity contribution is 6.30. The van der Waals surface area contributed by atoms with E-state index in [-0.39, 0.29) is 12.1 Å². The molecule has 1 aromatic carbocycles. The summed E-state index contributed by atoms with van der Waals surface area (Å²) >= 11 is 5.71. The Hall–Kier alpha value is -1.50. The Morgan fingerprint density at radius 1 is 1.57 bits per heavy atom. The van der Waals surface area contributed by atoms with Crippen LogP contribution in [0, 0.1) is 11.8 Å². The summed E-state index contributed by atoms with van der Waals surface area (Å²) in [5, 5.41) is 9.27. The van der Waals surface area contributed by atoms with Gasteiger partial charge in [-0.05, 0) is 18.2 Å². The molecule has 0 saturated carbocycles. The molecule has 0 aromatic heterocycles. The van der Waals surface area contributed by atoms with Crippen LogP contribution in [-0.2, 0) is 0 Å². The summed E-state index contributed by atoms with van der Waals surface area (Å²) in [6.07, 6.45) is 0. The molecule has 0 fully saturated rings. The van der Waals surface area contributed by atoms with E-state index >= 15 is 0 Å². The standard InChI is InChI=1S/C10H8ClNO2/c11-8-3-4-9(10(13)14)7(6-8)2-1-5-12/h3-4,6H,5,12H2,(H,13,14). The van der Waals surface area contributed by atoms with Crippen LogP contribution in [-0.4, -0.2) is 17.6 Å². The molecule has 0 radical (unpaired) electrons. The molecule has 0 aliphatic rings. The summed E-state index contributed by atoms with van der Waals surface area (Å²) in [7, 11) is 0. The minimum Gasteiger partial charge on any atom is -0.478 e. The van der Waals surface area contributed by atoms with E-state index in [4.69, 9.17) is 22.4 Å². The lowest BCUT2D eigenvalue weighted by atomic mass is 10.1. The van der Waals surface area contributed by atoms with Gasteiger partial charge in [-0.3, -0.25) is 0 Å². The van der Waals surface area contributed by atoms with Crippen molar-refractivity contribution < 1.29 is 9.90 Å². The lowest BCUT2D eigenvalue weighted by Crippen LogP contribution is -2.00. The average Bonchev–Trinajstić information content (AvgIpc) is 2.14. The zero-order chi connectivity index (χ0) is 10.6. The summed E-state index contributed by atoms with van der Waals surface area (Å²) < 4.78 is 0. The van der Waals surface area contributed by atoms with Crippen molar-refractivity contribution in [3.05, 3.63) is 34.3 Å². The zero-order valence-corrected chi connectivity index (χ0v) is 8.01. The predicted octanol–water partition coefficient (Wildman–Crippen LogP) is 1.35. The Kier molecular flexibility index (Phi) is 3.52. The number of nitrogens with two attached hydrogens (primary N) is 1. The quantitative estimate of drug-likeness (QED) is 0.687. The van der Waals surface area contributed by atoms with Crippen LogP contribution in [0.3, 0.4) is 0 Å². The molecule has 0 saturated heterocycles. The third-order valence-corrected chi connectivity index (χ3v) is 1.77. The number of aromatic carboxylic acids is 1. The van der Waals surface area contributed by atoms with Gasteiger partial charge in [0.1, 0.15) is 0 Å². The average molecular weight is 210 g/mol. The van der Waals surface area contributed by atoms with Gasteiger partial charge in [-0.15, -0.1) is 0 Å². The van der Waals surface area contributed by atoms with Gasteiger partial charge < -0.3 is 10.8 Å². The maximum absolute atomic E-state index is 10.8. The van der Waals surface area contributed by atoms with Crippen LogP contribution in [0.1, 0.15) is 15.9 Å². The number of hydrogen-bond acceptors (Lipinski definition) is 2. The third kappa shape index (κ3) is 2.49. The summed E-state index contributed by atoms with van der Waals surface area (Å²) in [4.78, 5) is 10.8. The lowest BCUT2D eigenvalue weighted by Gasteiger charge is -1.98. The van der Waals surface area contributed by atoms with Gasteiger partial charge in [0, 0.05) is 10.6 Å². The van der Waals surface area contributed by atoms with Crippen molar-refractivity contribution in [3.63, 3.8) is 0 Å². The van der Waals surface area contributed by atoms with E-state index in [0.717, 1.165) is 0 Å². The van der Waals surface area contributed by atoms with Gasteiger partial charge in [-0.1, -0.05) is 23.4 Å². The van der Waals surface area contributed by atoms with E-state index in [2.05, 4.69) is 11.8 Å². The minimum atomic E-state index is -1.03. The molecule has 0 spiro atoms. The van der Waals surface area contributed by atoms with Crippen molar-refractivity contribution in [1.82, 2.24) is 0 Å².